The average Bonchev–Trinajstić information content (AvgIpc) is 3.26. The molecule has 0 aromatic carbocycles. The van der Waals surface area contributed by atoms with Crippen molar-refractivity contribution < 1.29 is 28.6 Å². The maximum atomic E-state index is 12.7. The Balaban J connectivity index is 4.23. The number of rotatable bonds is 47. The van der Waals surface area contributed by atoms with E-state index in [4.69, 9.17) is 14.2 Å². The average molecular weight is 855 g/mol. The lowest BCUT2D eigenvalue weighted by molar-refractivity contribution is -0.167. The molecule has 0 aromatic heterocycles. The zero-order valence-electron chi connectivity index (χ0n) is 40.4. The molecule has 0 heterocycles. The maximum absolute atomic E-state index is 12.7. The predicted molar refractivity (Wildman–Crippen MR) is 261 cm³/mol. The van der Waals surface area contributed by atoms with E-state index in [2.05, 4.69) is 69.4 Å². The van der Waals surface area contributed by atoms with Crippen LogP contribution in [0, 0.1) is 0 Å². The molecule has 0 saturated carbocycles. The predicted octanol–water partition coefficient (Wildman–Crippen LogP) is 17.1. The fourth-order valence-electron chi connectivity index (χ4n) is 7.33. The van der Waals surface area contributed by atoms with Crippen LogP contribution in [-0.2, 0) is 28.6 Å². The number of unbranched alkanes of at least 4 members (excludes halogenated alkanes) is 28. The van der Waals surface area contributed by atoms with E-state index in [0.29, 0.717) is 19.3 Å². The van der Waals surface area contributed by atoms with Gasteiger partial charge in [-0.1, -0.05) is 211 Å². The normalized spacial score (nSPS) is 12.4. The van der Waals surface area contributed by atoms with Crippen LogP contribution in [0.4, 0.5) is 0 Å². The fraction of sp³-hybridized carbons (Fsp3) is 0.800. The standard InChI is InChI=1S/C55H98O6/c1-4-7-10-13-16-18-20-22-24-26-27-28-29-30-32-33-35-37-39-42-45-48-54(57)60-51-52(50-59-53(56)47-44-41-15-12-9-6-3)61-55(58)49-46-43-40-38-36-34-31-25-23-21-19-17-14-11-8-5-2/h20,22,25-27,29-31,52H,4-19,21,23-24,28,32-51H2,1-3H3/b22-20-,27-26-,30-29-,31-25-. The highest BCUT2D eigenvalue weighted by Crippen LogP contribution is 2.14. The second-order valence-electron chi connectivity index (χ2n) is 17.4. The van der Waals surface area contributed by atoms with Crippen LogP contribution in [0.3, 0.4) is 0 Å². The highest BCUT2D eigenvalue weighted by molar-refractivity contribution is 5.71. The van der Waals surface area contributed by atoms with Crippen molar-refractivity contribution in [2.24, 2.45) is 0 Å². The summed E-state index contributed by atoms with van der Waals surface area (Å²) in [7, 11) is 0. The van der Waals surface area contributed by atoms with Crippen LogP contribution in [0.2, 0.25) is 0 Å². The Morgan fingerprint density at radius 1 is 0.328 bits per heavy atom. The molecule has 0 bridgehead atoms. The van der Waals surface area contributed by atoms with Gasteiger partial charge in [0.1, 0.15) is 13.2 Å². The number of hydrogen-bond donors (Lipinski definition) is 0. The van der Waals surface area contributed by atoms with Crippen molar-refractivity contribution >= 4 is 17.9 Å². The molecular weight excluding hydrogens is 757 g/mol. The summed E-state index contributed by atoms with van der Waals surface area (Å²) in [5, 5.41) is 0. The molecule has 0 radical (unpaired) electrons. The highest BCUT2D eigenvalue weighted by atomic mass is 16.6. The Labute approximate surface area is 378 Å². The van der Waals surface area contributed by atoms with Crippen LogP contribution in [0.15, 0.2) is 48.6 Å². The Morgan fingerprint density at radius 3 is 0.934 bits per heavy atom. The Morgan fingerprint density at radius 2 is 0.590 bits per heavy atom. The molecule has 354 valence electrons. The Kier molecular flexibility index (Phi) is 47.9. The first-order valence-electron chi connectivity index (χ1n) is 26.1. The van der Waals surface area contributed by atoms with Crippen molar-refractivity contribution in [2.45, 2.75) is 271 Å². The minimum atomic E-state index is -0.778. The lowest BCUT2D eigenvalue weighted by Crippen LogP contribution is -2.30. The van der Waals surface area contributed by atoms with Gasteiger partial charge in [0.05, 0.1) is 0 Å². The van der Waals surface area contributed by atoms with Crippen LogP contribution >= 0.6 is 0 Å². The summed E-state index contributed by atoms with van der Waals surface area (Å²) in [4.78, 5) is 37.7. The molecular formula is C55H98O6. The molecule has 0 aromatic rings. The lowest BCUT2D eigenvalue weighted by Gasteiger charge is -2.18. The second-order valence-corrected chi connectivity index (χ2v) is 17.4. The van der Waals surface area contributed by atoms with E-state index in [1.54, 1.807) is 0 Å². The molecule has 0 aliphatic heterocycles. The van der Waals surface area contributed by atoms with Gasteiger partial charge >= 0.3 is 17.9 Å². The van der Waals surface area contributed by atoms with E-state index in [1.165, 1.54) is 135 Å². The molecule has 0 aliphatic carbocycles. The zero-order valence-corrected chi connectivity index (χ0v) is 40.4. The molecule has 61 heavy (non-hydrogen) atoms. The third kappa shape index (κ3) is 48.3. The third-order valence-corrected chi connectivity index (χ3v) is 11.3. The molecule has 0 N–H and O–H groups in total. The summed E-state index contributed by atoms with van der Waals surface area (Å²) in [5.74, 6) is -0.906. The van der Waals surface area contributed by atoms with Crippen LogP contribution < -0.4 is 0 Å². The summed E-state index contributed by atoms with van der Waals surface area (Å²) in [6.45, 7) is 6.56. The van der Waals surface area contributed by atoms with Crippen molar-refractivity contribution in [3.05, 3.63) is 48.6 Å². The zero-order chi connectivity index (χ0) is 44.4. The van der Waals surface area contributed by atoms with E-state index in [0.717, 1.165) is 89.9 Å². The van der Waals surface area contributed by atoms with Crippen LogP contribution in [0.1, 0.15) is 265 Å². The van der Waals surface area contributed by atoms with Crippen molar-refractivity contribution in [3.63, 3.8) is 0 Å². The highest BCUT2D eigenvalue weighted by Gasteiger charge is 2.19. The largest absolute Gasteiger partial charge is 0.462 e. The first-order chi connectivity index (χ1) is 30.0. The molecule has 0 aliphatic rings. The van der Waals surface area contributed by atoms with Gasteiger partial charge in [0.15, 0.2) is 6.10 Å². The van der Waals surface area contributed by atoms with Gasteiger partial charge in [0, 0.05) is 19.3 Å². The number of carbonyl (C=O) groups excluding carboxylic acids is 3. The first kappa shape index (κ1) is 58.4. The molecule has 0 spiro atoms. The quantitative estimate of drug-likeness (QED) is 0.0263. The number of hydrogen-bond acceptors (Lipinski definition) is 6. The van der Waals surface area contributed by atoms with Crippen molar-refractivity contribution in [2.75, 3.05) is 13.2 Å². The van der Waals surface area contributed by atoms with Crippen molar-refractivity contribution in [1.82, 2.24) is 0 Å². The molecule has 0 rings (SSSR count). The molecule has 6 heteroatoms. The monoisotopic (exact) mass is 855 g/mol. The number of carbonyl (C=O) groups is 3. The molecule has 0 amide bonds. The van der Waals surface area contributed by atoms with E-state index in [-0.39, 0.29) is 31.1 Å². The van der Waals surface area contributed by atoms with Gasteiger partial charge in [-0.25, -0.2) is 0 Å². The SMILES string of the molecule is CCCCCCC/C=C\C/C=C\C/C=C\CCCCCCCCC(=O)OCC(COC(=O)CCCCCCCC)OC(=O)CCCCCCC/C=C\CCCCCCCCC. The third-order valence-electron chi connectivity index (χ3n) is 11.3. The summed E-state index contributed by atoms with van der Waals surface area (Å²) < 4.78 is 16.7. The van der Waals surface area contributed by atoms with Crippen molar-refractivity contribution in [1.29, 1.82) is 0 Å². The smallest absolute Gasteiger partial charge is 0.306 e. The lowest BCUT2D eigenvalue weighted by atomic mass is 10.1. The Hall–Kier alpha value is -2.63. The van der Waals surface area contributed by atoms with Gasteiger partial charge in [-0.15, -0.1) is 0 Å². The van der Waals surface area contributed by atoms with Gasteiger partial charge in [0.2, 0.25) is 0 Å². The fourth-order valence-corrected chi connectivity index (χ4v) is 7.33. The summed E-state index contributed by atoms with van der Waals surface area (Å²) >= 11 is 0. The van der Waals surface area contributed by atoms with Gasteiger partial charge in [-0.05, 0) is 83.5 Å². The minimum Gasteiger partial charge on any atom is -0.462 e. The van der Waals surface area contributed by atoms with Gasteiger partial charge in [0.25, 0.3) is 0 Å². The van der Waals surface area contributed by atoms with E-state index in [1.807, 2.05) is 0 Å². The molecule has 6 nitrogen and oxygen atoms in total. The van der Waals surface area contributed by atoms with Crippen LogP contribution in [-0.4, -0.2) is 37.2 Å². The number of ether oxygens (including phenoxy) is 3. The summed E-state index contributed by atoms with van der Waals surface area (Å²) in [6.07, 6.45) is 59.8. The topological polar surface area (TPSA) is 78.9 Å². The molecule has 0 fully saturated rings. The first-order valence-corrected chi connectivity index (χ1v) is 26.1. The second kappa shape index (κ2) is 50.0. The molecule has 1 atom stereocenters. The van der Waals surface area contributed by atoms with E-state index in [9.17, 15) is 14.4 Å². The number of esters is 3. The van der Waals surface area contributed by atoms with Gasteiger partial charge in [-0.3, -0.25) is 14.4 Å². The van der Waals surface area contributed by atoms with Gasteiger partial charge < -0.3 is 14.2 Å². The molecule has 1 unspecified atom stereocenters. The maximum Gasteiger partial charge on any atom is 0.306 e. The van der Waals surface area contributed by atoms with Crippen molar-refractivity contribution in [3.8, 4) is 0 Å². The van der Waals surface area contributed by atoms with E-state index < -0.39 is 6.10 Å². The van der Waals surface area contributed by atoms with Crippen LogP contribution in [0.25, 0.3) is 0 Å². The summed E-state index contributed by atoms with van der Waals surface area (Å²) in [5.41, 5.74) is 0. The van der Waals surface area contributed by atoms with Crippen LogP contribution in [0.5, 0.6) is 0 Å². The number of allylic oxidation sites excluding steroid dienone is 8. The Bertz CT molecular complexity index is 1070. The minimum absolute atomic E-state index is 0.0803. The van der Waals surface area contributed by atoms with E-state index >= 15 is 0 Å². The van der Waals surface area contributed by atoms with Gasteiger partial charge in [-0.2, -0.15) is 0 Å². The molecule has 0 saturated heterocycles. The summed E-state index contributed by atoms with van der Waals surface area (Å²) in [6, 6.07) is 0.